The van der Waals surface area contributed by atoms with E-state index in [2.05, 4.69) is 10.4 Å². The SMILES string of the molecule is O=C(COc1ccccc1)Nc1ccn(-c2cccc(C(F)(F)F)c2)n1. The van der Waals surface area contributed by atoms with Crippen molar-refractivity contribution >= 4 is 11.7 Å². The van der Waals surface area contributed by atoms with Crippen LogP contribution in [-0.2, 0) is 11.0 Å². The summed E-state index contributed by atoms with van der Waals surface area (Å²) < 4.78 is 44.9. The van der Waals surface area contributed by atoms with E-state index in [0.29, 0.717) is 5.75 Å². The van der Waals surface area contributed by atoms with Gasteiger partial charge in [0.2, 0.25) is 0 Å². The van der Waals surface area contributed by atoms with Crippen molar-refractivity contribution in [1.29, 1.82) is 0 Å². The molecule has 8 heteroatoms. The second-order valence-corrected chi connectivity index (χ2v) is 5.34. The zero-order chi connectivity index (χ0) is 18.6. The van der Waals surface area contributed by atoms with E-state index in [-0.39, 0.29) is 18.1 Å². The average Bonchev–Trinajstić information content (AvgIpc) is 3.09. The van der Waals surface area contributed by atoms with Gasteiger partial charge in [-0.15, -0.1) is 0 Å². The Balaban J connectivity index is 1.64. The van der Waals surface area contributed by atoms with E-state index in [0.717, 1.165) is 12.1 Å². The first-order chi connectivity index (χ1) is 12.4. The molecule has 0 aliphatic heterocycles. The van der Waals surface area contributed by atoms with Crippen LogP contribution in [-0.4, -0.2) is 22.3 Å². The minimum atomic E-state index is -4.44. The van der Waals surface area contributed by atoms with E-state index < -0.39 is 17.6 Å². The summed E-state index contributed by atoms with van der Waals surface area (Å²) in [4.78, 5) is 11.9. The molecule has 26 heavy (non-hydrogen) atoms. The molecule has 0 fully saturated rings. The summed E-state index contributed by atoms with van der Waals surface area (Å²) in [5, 5.41) is 6.59. The largest absolute Gasteiger partial charge is 0.484 e. The molecule has 3 rings (SSSR count). The maximum absolute atomic E-state index is 12.8. The number of hydrogen-bond donors (Lipinski definition) is 1. The van der Waals surface area contributed by atoms with Gasteiger partial charge in [-0.2, -0.15) is 18.3 Å². The molecule has 5 nitrogen and oxygen atoms in total. The smallest absolute Gasteiger partial charge is 0.416 e. The normalized spacial score (nSPS) is 11.2. The van der Waals surface area contributed by atoms with E-state index in [1.165, 1.54) is 29.1 Å². The number of nitrogens with one attached hydrogen (secondary N) is 1. The van der Waals surface area contributed by atoms with E-state index in [4.69, 9.17) is 4.74 Å². The lowest BCUT2D eigenvalue weighted by Crippen LogP contribution is -2.20. The lowest BCUT2D eigenvalue weighted by atomic mass is 10.2. The van der Waals surface area contributed by atoms with Crippen LogP contribution in [0.5, 0.6) is 5.75 Å². The molecule has 0 bridgehead atoms. The fourth-order valence-electron chi connectivity index (χ4n) is 2.20. The van der Waals surface area contributed by atoms with Crippen molar-refractivity contribution in [3.05, 3.63) is 72.4 Å². The Morgan fingerprint density at radius 2 is 1.85 bits per heavy atom. The molecule has 1 amide bonds. The Labute approximate surface area is 147 Å². The highest BCUT2D eigenvalue weighted by molar-refractivity contribution is 5.90. The Morgan fingerprint density at radius 1 is 1.08 bits per heavy atom. The molecular formula is C18H14F3N3O2. The second kappa shape index (κ2) is 7.30. The third-order valence-electron chi connectivity index (χ3n) is 3.41. The molecule has 0 atom stereocenters. The Kier molecular flexibility index (Phi) is 4.92. The number of benzene rings is 2. The highest BCUT2D eigenvalue weighted by atomic mass is 19.4. The van der Waals surface area contributed by atoms with Gasteiger partial charge >= 0.3 is 6.18 Å². The number of carbonyl (C=O) groups excluding carboxylic acids is 1. The molecule has 1 heterocycles. The number of rotatable bonds is 5. The maximum Gasteiger partial charge on any atom is 0.416 e. The molecule has 0 radical (unpaired) electrons. The third kappa shape index (κ3) is 4.41. The van der Waals surface area contributed by atoms with Crippen molar-refractivity contribution in [3.8, 4) is 11.4 Å². The predicted molar refractivity (Wildman–Crippen MR) is 89.1 cm³/mol. The Hall–Kier alpha value is -3.29. The van der Waals surface area contributed by atoms with Gasteiger partial charge in [0.15, 0.2) is 12.4 Å². The quantitative estimate of drug-likeness (QED) is 0.750. The number of amides is 1. The van der Waals surface area contributed by atoms with Gasteiger partial charge in [-0.1, -0.05) is 24.3 Å². The summed E-state index contributed by atoms with van der Waals surface area (Å²) in [6.07, 6.45) is -2.97. The van der Waals surface area contributed by atoms with Gasteiger partial charge < -0.3 is 10.1 Å². The Bertz CT molecular complexity index is 892. The zero-order valence-corrected chi connectivity index (χ0v) is 13.4. The molecule has 134 valence electrons. The van der Waals surface area contributed by atoms with E-state index in [9.17, 15) is 18.0 Å². The van der Waals surface area contributed by atoms with Gasteiger partial charge in [0.1, 0.15) is 5.75 Å². The molecule has 2 aromatic carbocycles. The van der Waals surface area contributed by atoms with Crippen LogP contribution >= 0.6 is 0 Å². The molecule has 0 spiro atoms. The van der Waals surface area contributed by atoms with E-state index in [1.54, 1.807) is 24.3 Å². The number of nitrogens with zero attached hydrogens (tertiary/aromatic N) is 2. The van der Waals surface area contributed by atoms with Gasteiger partial charge in [-0.25, -0.2) is 4.68 Å². The number of aromatic nitrogens is 2. The van der Waals surface area contributed by atoms with Crippen LogP contribution in [0.2, 0.25) is 0 Å². The van der Waals surface area contributed by atoms with Gasteiger partial charge in [-0.3, -0.25) is 4.79 Å². The van der Waals surface area contributed by atoms with Crippen molar-refractivity contribution in [3.63, 3.8) is 0 Å². The summed E-state index contributed by atoms with van der Waals surface area (Å²) >= 11 is 0. The van der Waals surface area contributed by atoms with Gasteiger partial charge in [-0.05, 0) is 30.3 Å². The summed E-state index contributed by atoms with van der Waals surface area (Å²) in [7, 11) is 0. The molecule has 0 saturated heterocycles. The highest BCUT2D eigenvalue weighted by Gasteiger charge is 2.30. The molecule has 1 N–H and O–H groups in total. The van der Waals surface area contributed by atoms with Crippen molar-refractivity contribution < 1.29 is 22.7 Å². The van der Waals surface area contributed by atoms with Crippen molar-refractivity contribution in [2.75, 3.05) is 11.9 Å². The highest BCUT2D eigenvalue weighted by Crippen LogP contribution is 2.30. The Morgan fingerprint density at radius 3 is 2.58 bits per heavy atom. The van der Waals surface area contributed by atoms with Crippen molar-refractivity contribution in [2.45, 2.75) is 6.18 Å². The van der Waals surface area contributed by atoms with Crippen LogP contribution in [0.3, 0.4) is 0 Å². The fraction of sp³-hybridized carbons (Fsp3) is 0.111. The van der Waals surface area contributed by atoms with Crippen molar-refractivity contribution in [1.82, 2.24) is 9.78 Å². The first-order valence-electron chi connectivity index (χ1n) is 7.63. The zero-order valence-electron chi connectivity index (χ0n) is 13.4. The van der Waals surface area contributed by atoms with Gasteiger partial charge in [0.25, 0.3) is 5.91 Å². The summed E-state index contributed by atoms with van der Waals surface area (Å²) in [6, 6.07) is 15.1. The monoisotopic (exact) mass is 361 g/mol. The minimum absolute atomic E-state index is 0.208. The third-order valence-corrected chi connectivity index (χ3v) is 3.41. The minimum Gasteiger partial charge on any atom is -0.484 e. The maximum atomic E-state index is 12.8. The van der Waals surface area contributed by atoms with Crippen LogP contribution in [0.15, 0.2) is 66.9 Å². The summed E-state index contributed by atoms with van der Waals surface area (Å²) in [5.74, 6) is 0.337. The lowest BCUT2D eigenvalue weighted by molar-refractivity contribution is -0.137. The molecule has 0 unspecified atom stereocenters. The van der Waals surface area contributed by atoms with Crippen LogP contribution in [0.25, 0.3) is 5.69 Å². The van der Waals surface area contributed by atoms with Crippen molar-refractivity contribution in [2.24, 2.45) is 0 Å². The molecule has 0 aliphatic rings. The number of carbonyl (C=O) groups is 1. The second-order valence-electron chi connectivity index (χ2n) is 5.34. The van der Waals surface area contributed by atoms with Crippen LogP contribution < -0.4 is 10.1 Å². The van der Waals surface area contributed by atoms with Gasteiger partial charge in [0.05, 0.1) is 11.3 Å². The topological polar surface area (TPSA) is 56.1 Å². The van der Waals surface area contributed by atoms with E-state index >= 15 is 0 Å². The first kappa shape index (κ1) is 17.5. The molecule has 0 saturated carbocycles. The number of alkyl halides is 3. The first-order valence-corrected chi connectivity index (χ1v) is 7.63. The number of ether oxygens (including phenoxy) is 1. The van der Waals surface area contributed by atoms with Gasteiger partial charge in [0, 0.05) is 12.3 Å². The van der Waals surface area contributed by atoms with Crippen LogP contribution in [0, 0.1) is 0 Å². The molecule has 1 aromatic heterocycles. The summed E-state index contributed by atoms with van der Waals surface area (Å²) in [6.45, 7) is -0.208. The standard InChI is InChI=1S/C18H14F3N3O2/c19-18(20,21)13-5-4-6-14(11-13)24-10-9-16(23-24)22-17(25)12-26-15-7-2-1-3-8-15/h1-11H,12H2,(H,22,23,25). The predicted octanol–water partition coefficient (Wildman–Crippen LogP) is 3.91. The average molecular weight is 361 g/mol. The van der Waals surface area contributed by atoms with E-state index in [1.807, 2.05) is 6.07 Å². The molecule has 3 aromatic rings. The number of hydrogen-bond acceptors (Lipinski definition) is 3. The molecule has 0 aliphatic carbocycles. The lowest BCUT2D eigenvalue weighted by Gasteiger charge is -2.08. The summed E-state index contributed by atoms with van der Waals surface area (Å²) in [5.41, 5.74) is -0.534. The number of anilines is 1. The fourth-order valence-corrected chi connectivity index (χ4v) is 2.20. The number of para-hydroxylation sites is 1. The molecular weight excluding hydrogens is 347 g/mol. The van der Waals surface area contributed by atoms with Crippen LogP contribution in [0.1, 0.15) is 5.56 Å². The van der Waals surface area contributed by atoms with Crippen LogP contribution in [0.4, 0.5) is 19.0 Å². The number of halogens is 3.